The number of anilines is 1. The van der Waals surface area contributed by atoms with E-state index in [0.717, 1.165) is 16.2 Å². The minimum atomic E-state index is -0.513. The number of imide groups is 1. The number of hydrogen-bond donors (Lipinski definition) is 2. The molecule has 0 aliphatic rings. The Balaban J connectivity index is 2.11. The van der Waals surface area contributed by atoms with Crippen LogP contribution in [0.25, 0.3) is 11.3 Å². The number of aromatic nitrogens is 2. The van der Waals surface area contributed by atoms with Crippen LogP contribution in [0.5, 0.6) is 0 Å². The van der Waals surface area contributed by atoms with Crippen molar-refractivity contribution in [3.05, 3.63) is 36.4 Å². The number of rotatable bonds is 6. The minimum Gasteiger partial charge on any atom is -0.330 e. The zero-order valence-corrected chi connectivity index (χ0v) is 12.4. The lowest BCUT2D eigenvalue weighted by molar-refractivity contribution is -0.115. The van der Waals surface area contributed by atoms with E-state index in [-0.39, 0.29) is 6.54 Å². The van der Waals surface area contributed by atoms with Crippen LogP contribution < -0.4 is 11.1 Å². The molecule has 1 heterocycles. The molecule has 0 aliphatic heterocycles. The molecule has 0 saturated carbocycles. The Morgan fingerprint density at radius 2 is 2.14 bits per heavy atom. The van der Waals surface area contributed by atoms with E-state index in [1.807, 2.05) is 30.3 Å². The van der Waals surface area contributed by atoms with Gasteiger partial charge < -0.3 is 5.73 Å². The van der Waals surface area contributed by atoms with Crippen molar-refractivity contribution in [2.24, 2.45) is 12.8 Å². The fourth-order valence-corrected chi connectivity index (χ4v) is 2.05. The average molecular weight is 301 g/mol. The number of benzene rings is 1. The molecule has 0 spiro atoms. The van der Waals surface area contributed by atoms with Gasteiger partial charge in [0.05, 0.1) is 5.69 Å². The maximum Gasteiger partial charge on any atom is 0.329 e. The highest BCUT2D eigenvalue weighted by molar-refractivity contribution is 5.95. The summed E-state index contributed by atoms with van der Waals surface area (Å²) in [4.78, 5) is 24.0. The van der Waals surface area contributed by atoms with Gasteiger partial charge in [0, 0.05) is 19.7 Å². The van der Waals surface area contributed by atoms with Crippen molar-refractivity contribution in [3.8, 4) is 11.3 Å². The monoisotopic (exact) mass is 301 g/mol. The normalized spacial score (nSPS) is 10.3. The molecule has 2 rings (SSSR count). The second-order valence-electron chi connectivity index (χ2n) is 4.78. The molecule has 116 valence electrons. The topological polar surface area (TPSA) is 93.2 Å². The lowest BCUT2D eigenvalue weighted by Gasteiger charge is -2.14. The number of hydrogen-bond acceptors (Lipinski definition) is 4. The molecule has 1 aromatic heterocycles. The van der Waals surface area contributed by atoms with Crippen LogP contribution in [0.3, 0.4) is 0 Å². The third-order valence-electron chi connectivity index (χ3n) is 3.18. The summed E-state index contributed by atoms with van der Waals surface area (Å²) in [5.74, 6) is 0.394. The molecule has 3 N–H and O–H groups in total. The van der Waals surface area contributed by atoms with Crippen molar-refractivity contribution >= 4 is 18.3 Å². The van der Waals surface area contributed by atoms with Gasteiger partial charge >= 0.3 is 6.03 Å². The van der Waals surface area contributed by atoms with E-state index in [4.69, 9.17) is 5.73 Å². The third-order valence-corrected chi connectivity index (χ3v) is 3.18. The van der Waals surface area contributed by atoms with Crippen LogP contribution in [-0.4, -0.2) is 40.2 Å². The molecule has 2 aromatic rings. The number of carbonyl (C=O) groups is 2. The van der Waals surface area contributed by atoms with Gasteiger partial charge in [0.15, 0.2) is 5.82 Å². The number of amides is 3. The standard InChI is InChI=1S/C15H19N5O2/c1-19-13(12-6-3-2-4-7-12)10-14(18-19)17-15(22)20(11-21)9-5-8-16/h2-4,6-7,10-11H,5,8-9,16H2,1H3,(H,17,18,22). The summed E-state index contributed by atoms with van der Waals surface area (Å²) in [6, 6.07) is 11.0. The van der Waals surface area contributed by atoms with Crippen molar-refractivity contribution in [2.45, 2.75) is 6.42 Å². The summed E-state index contributed by atoms with van der Waals surface area (Å²) < 4.78 is 1.68. The molecule has 22 heavy (non-hydrogen) atoms. The zero-order valence-electron chi connectivity index (χ0n) is 12.4. The Kier molecular flexibility index (Phi) is 5.26. The molecule has 3 amide bonds. The average Bonchev–Trinajstić information content (AvgIpc) is 2.89. The summed E-state index contributed by atoms with van der Waals surface area (Å²) in [6.45, 7) is 0.698. The number of aryl methyl sites for hydroxylation is 1. The van der Waals surface area contributed by atoms with Crippen LogP contribution >= 0.6 is 0 Å². The quantitative estimate of drug-likeness (QED) is 0.789. The van der Waals surface area contributed by atoms with Gasteiger partial charge in [-0.2, -0.15) is 5.10 Å². The van der Waals surface area contributed by atoms with Gasteiger partial charge in [-0.1, -0.05) is 30.3 Å². The van der Waals surface area contributed by atoms with Crippen molar-refractivity contribution in [1.29, 1.82) is 0 Å². The summed E-state index contributed by atoms with van der Waals surface area (Å²) >= 11 is 0. The van der Waals surface area contributed by atoms with E-state index in [0.29, 0.717) is 25.2 Å². The molecular formula is C15H19N5O2. The summed E-state index contributed by atoms with van der Waals surface area (Å²) in [6.07, 6.45) is 1.05. The molecular weight excluding hydrogens is 282 g/mol. The van der Waals surface area contributed by atoms with Crippen LogP contribution in [0.15, 0.2) is 36.4 Å². The first-order valence-corrected chi connectivity index (χ1v) is 6.98. The summed E-state index contributed by atoms with van der Waals surface area (Å²) in [5, 5.41) is 6.86. The van der Waals surface area contributed by atoms with E-state index in [9.17, 15) is 9.59 Å². The second-order valence-corrected chi connectivity index (χ2v) is 4.78. The Bertz CT molecular complexity index is 639. The van der Waals surface area contributed by atoms with E-state index in [2.05, 4.69) is 10.4 Å². The maximum atomic E-state index is 12.0. The van der Waals surface area contributed by atoms with Gasteiger partial charge in [0.2, 0.25) is 6.41 Å². The first-order valence-electron chi connectivity index (χ1n) is 6.98. The molecule has 0 radical (unpaired) electrons. The highest BCUT2D eigenvalue weighted by Crippen LogP contribution is 2.21. The molecule has 0 saturated heterocycles. The van der Waals surface area contributed by atoms with E-state index in [1.54, 1.807) is 17.8 Å². The van der Waals surface area contributed by atoms with Gasteiger partial charge in [-0.3, -0.25) is 19.7 Å². The van der Waals surface area contributed by atoms with Crippen molar-refractivity contribution in [3.63, 3.8) is 0 Å². The number of urea groups is 1. The predicted molar refractivity (Wildman–Crippen MR) is 84.1 cm³/mol. The predicted octanol–water partition coefficient (Wildman–Crippen LogP) is 1.43. The van der Waals surface area contributed by atoms with Crippen LogP contribution in [0.4, 0.5) is 10.6 Å². The molecule has 0 aliphatic carbocycles. The minimum absolute atomic E-state index is 0.282. The van der Waals surface area contributed by atoms with Gasteiger partial charge in [-0.15, -0.1) is 0 Å². The van der Waals surface area contributed by atoms with Crippen molar-refractivity contribution in [1.82, 2.24) is 14.7 Å². The highest BCUT2D eigenvalue weighted by Gasteiger charge is 2.15. The fourth-order valence-electron chi connectivity index (χ4n) is 2.05. The second kappa shape index (κ2) is 7.37. The van der Waals surface area contributed by atoms with Gasteiger partial charge in [-0.25, -0.2) is 4.79 Å². The number of nitrogens with one attached hydrogen (secondary N) is 1. The number of carbonyl (C=O) groups excluding carboxylic acids is 2. The van der Waals surface area contributed by atoms with Crippen LogP contribution in [0, 0.1) is 0 Å². The van der Waals surface area contributed by atoms with Crippen LogP contribution in [0.2, 0.25) is 0 Å². The Morgan fingerprint density at radius 3 is 2.77 bits per heavy atom. The van der Waals surface area contributed by atoms with Gasteiger partial charge in [0.25, 0.3) is 0 Å². The molecule has 0 unspecified atom stereocenters. The van der Waals surface area contributed by atoms with Gasteiger partial charge in [0.1, 0.15) is 0 Å². The summed E-state index contributed by atoms with van der Waals surface area (Å²) in [7, 11) is 1.80. The number of nitrogens with zero attached hydrogens (tertiary/aromatic N) is 3. The van der Waals surface area contributed by atoms with Crippen molar-refractivity contribution < 1.29 is 9.59 Å². The van der Waals surface area contributed by atoms with E-state index < -0.39 is 6.03 Å². The highest BCUT2D eigenvalue weighted by atomic mass is 16.2. The maximum absolute atomic E-state index is 12.0. The molecule has 1 aromatic carbocycles. The van der Waals surface area contributed by atoms with Crippen LogP contribution in [0.1, 0.15) is 6.42 Å². The lowest BCUT2D eigenvalue weighted by atomic mass is 10.1. The molecule has 0 fully saturated rings. The third kappa shape index (κ3) is 3.70. The Morgan fingerprint density at radius 1 is 1.41 bits per heavy atom. The summed E-state index contributed by atoms with van der Waals surface area (Å²) in [5.41, 5.74) is 7.25. The first-order chi connectivity index (χ1) is 10.7. The Hall–Kier alpha value is -2.67. The van der Waals surface area contributed by atoms with Crippen molar-refractivity contribution in [2.75, 3.05) is 18.4 Å². The van der Waals surface area contributed by atoms with Gasteiger partial charge in [-0.05, 0) is 18.5 Å². The Labute approximate surface area is 128 Å². The van der Waals surface area contributed by atoms with E-state index >= 15 is 0 Å². The number of nitrogens with two attached hydrogens (primary N) is 1. The molecule has 7 heteroatoms. The first kappa shape index (κ1) is 15.7. The molecule has 7 nitrogen and oxygen atoms in total. The smallest absolute Gasteiger partial charge is 0.329 e. The SMILES string of the molecule is Cn1nc(NC(=O)N(C=O)CCCN)cc1-c1ccccc1. The largest absolute Gasteiger partial charge is 0.330 e. The van der Waals surface area contributed by atoms with Crippen LogP contribution in [-0.2, 0) is 11.8 Å². The molecule has 0 bridgehead atoms. The fraction of sp³-hybridized carbons (Fsp3) is 0.267. The van der Waals surface area contributed by atoms with E-state index in [1.165, 1.54) is 0 Å². The lowest BCUT2D eigenvalue weighted by Crippen LogP contribution is -2.35. The zero-order chi connectivity index (χ0) is 15.9. The molecule has 0 atom stereocenters.